The van der Waals surface area contributed by atoms with Gasteiger partial charge in [0.05, 0.1) is 0 Å². The SMILES string of the molecule is CC/C=C\C/C=C\C/C=C\C/C=C\CCCCCCCCCCCCC(=O)OCC(COC(=O)CCCCCCCC)OC(=O)CCCCCCCCCCCC/C=C\C/C=C\C/C=C\C/C=C\CC. The highest BCUT2D eigenvalue weighted by Gasteiger charge is 2.19. The predicted octanol–water partition coefficient (Wildman–Crippen LogP) is 19.7. The van der Waals surface area contributed by atoms with Gasteiger partial charge in [0.2, 0.25) is 0 Å². The van der Waals surface area contributed by atoms with Gasteiger partial charge in [0.1, 0.15) is 13.2 Å². The molecule has 1 unspecified atom stereocenters. The largest absolute Gasteiger partial charge is 0.462 e. The number of unbranched alkanes of at least 4 members (excludes halogenated alkanes) is 25. The van der Waals surface area contributed by atoms with Crippen LogP contribution in [0.2, 0.25) is 0 Å². The van der Waals surface area contributed by atoms with Crippen LogP contribution < -0.4 is 0 Å². The Hall–Kier alpha value is -3.67. The quantitative estimate of drug-likeness (QED) is 0.0262. The summed E-state index contributed by atoms with van der Waals surface area (Å²) < 4.78 is 16.8. The van der Waals surface area contributed by atoms with Crippen LogP contribution in [-0.2, 0) is 28.6 Å². The Morgan fingerprint density at radius 2 is 0.557 bits per heavy atom. The lowest BCUT2D eigenvalue weighted by Gasteiger charge is -2.18. The molecule has 0 spiro atoms. The Morgan fingerprint density at radius 3 is 0.871 bits per heavy atom. The number of rotatable bonds is 52. The van der Waals surface area contributed by atoms with E-state index in [1.54, 1.807) is 0 Å². The second-order valence-corrected chi connectivity index (χ2v) is 19.1. The molecule has 70 heavy (non-hydrogen) atoms. The molecular weight excluding hydrogens is 865 g/mol. The number of carbonyl (C=O) groups excluding carboxylic acids is 3. The first kappa shape index (κ1) is 66.3. The summed E-state index contributed by atoms with van der Waals surface area (Å²) in [7, 11) is 0. The second kappa shape index (κ2) is 57.9. The van der Waals surface area contributed by atoms with Gasteiger partial charge in [-0.25, -0.2) is 0 Å². The molecule has 0 heterocycles. The molecule has 0 amide bonds. The Morgan fingerprint density at radius 1 is 0.300 bits per heavy atom. The van der Waals surface area contributed by atoms with Gasteiger partial charge < -0.3 is 14.2 Å². The Kier molecular flexibility index (Phi) is 54.9. The molecule has 0 aliphatic heterocycles. The lowest BCUT2D eigenvalue weighted by Crippen LogP contribution is -2.30. The lowest BCUT2D eigenvalue weighted by atomic mass is 10.0. The van der Waals surface area contributed by atoms with Crippen molar-refractivity contribution >= 4 is 17.9 Å². The summed E-state index contributed by atoms with van der Waals surface area (Å²) in [6.45, 7) is 6.36. The molecule has 0 aromatic rings. The minimum absolute atomic E-state index is 0.0800. The van der Waals surface area contributed by atoms with Crippen LogP contribution in [0.25, 0.3) is 0 Å². The van der Waals surface area contributed by atoms with Crippen LogP contribution in [0.5, 0.6) is 0 Å². The topological polar surface area (TPSA) is 78.9 Å². The van der Waals surface area contributed by atoms with E-state index in [4.69, 9.17) is 14.2 Å². The number of esters is 3. The van der Waals surface area contributed by atoms with E-state index in [2.05, 4.69) is 118 Å². The fourth-order valence-electron chi connectivity index (χ4n) is 8.01. The van der Waals surface area contributed by atoms with Gasteiger partial charge in [-0.05, 0) is 96.3 Å². The van der Waals surface area contributed by atoms with Gasteiger partial charge in [-0.3, -0.25) is 14.4 Å². The Labute approximate surface area is 432 Å². The summed E-state index contributed by atoms with van der Waals surface area (Å²) >= 11 is 0. The molecule has 6 heteroatoms. The first-order chi connectivity index (χ1) is 34.5. The van der Waals surface area contributed by atoms with Crippen LogP contribution >= 0.6 is 0 Å². The highest BCUT2D eigenvalue weighted by atomic mass is 16.6. The molecule has 0 radical (unpaired) electrons. The zero-order chi connectivity index (χ0) is 50.7. The van der Waals surface area contributed by atoms with Gasteiger partial charge in [0, 0.05) is 19.3 Å². The van der Waals surface area contributed by atoms with Crippen LogP contribution in [0.1, 0.15) is 271 Å². The first-order valence-corrected chi connectivity index (χ1v) is 29.2. The van der Waals surface area contributed by atoms with E-state index in [1.165, 1.54) is 122 Å². The van der Waals surface area contributed by atoms with Crippen LogP contribution in [0.3, 0.4) is 0 Å². The monoisotopic (exact) mass is 973 g/mol. The maximum Gasteiger partial charge on any atom is 0.306 e. The molecule has 0 saturated heterocycles. The average Bonchev–Trinajstić information content (AvgIpc) is 3.36. The molecule has 0 aliphatic rings. The van der Waals surface area contributed by atoms with Gasteiger partial charge in [-0.15, -0.1) is 0 Å². The predicted molar refractivity (Wildman–Crippen MR) is 302 cm³/mol. The average molecular weight is 974 g/mol. The molecule has 0 saturated carbocycles. The maximum absolute atomic E-state index is 12.8. The number of allylic oxidation sites excluding steroid dienone is 16. The van der Waals surface area contributed by atoms with Crippen LogP contribution in [-0.4, -0.2) is 37.2 Å². The van der Waals surface area contributed by atoms with Crippen molar-refractivity contribution in [1.82, 2.24) is 0 Å². The zero-order valence-corrected chi connectivity index (χ0v) is 45.8. The normalized spacial score (nSPS) is 12.8. The number of hydrogen-bond donors (Lipinski definition) is 0. The van der Waals surface area contributed by atoms with Gasteiger partial charge in [-0.1, -0.05) is 253 Å². The number of ether oxygens (including phenoxy) is 3. The van der Waals surface area contributed by atoms with E-state index in [0.29, 0.717) is 19.3 Å². The highest BCUT2D eigenvalue weighted by molar-refractivity contribution is 5.71. The third-order valence-electron chi connectivity index (χ3n) is 12.3. The van der Waals surface area contributed by atoms with Crippen molar-refractivity contribution in [3.05, 3.63) is 97.2 Å². The molecule has 400 valence electrons. The van der Waals surface area contributed by atoms with Gasteiger partial charge >= 0.3 is 17.9 Å². The van der Waals surface area contributed by atoms with Crippen LogP contribution in [0.15, 0.2) is 97.2 Å². The summed E-state index contributed by atoms with van der Waals surface area (Å²) in [6.07, 6.45) is 77.2. The fraction of sp³-hybridized carbons (Fsp3) is 0.703. The van der Waals surface area contributed by atoms with Crippen molar-refractivity contribution in [2.75, 3.05) is 13.2 Å². The molecule has 0 bridgehead atoms. The van der Waals surface area contributed by atoms with E-state index < -0.39 is 6.10 Å². The Balaban J connectivity index is 4.15. The number of hydrogen-bond acceptors (Lipinski definition) is 6. The van der Waals surface area contributed by atoms with Crippen molar-refractivity contribution in [1.29, 1.82) is 0 Å². The van der Waals surface area contributed by atoms with E-state index >= 15 is 0 Å². The molecule has 6 nitrogen and oxygen atoms in total. The summed E-state index contributed by atoms with van der Waals surface area (Å²) in [6, 6.07) is 0. The van der Waals surface area contributed by atoms with Gasteiger partial charge in [0.25, 0.3) is 0 Å². The second-order valence-electron chi connectivity index (χ2n) is 19.1. The van der Waals surface area contributed by atoms with E-state index in [0.717, 1.165) is 109 Å². The molecule has 1 atom stereocenters. The summed E-state index contributed by atoms with van der Waals surface area (Å²) in [5.74, 6) is -0.894. The van der Waals surface area contributed by atoms with E-state index in [1.807, 2.05) is 0 Å². The van der Waals surface area contributed by atoms with E-state index in [9.17, 15) is 14.4 Å². The van der Waals surface area contributed by atoms with Crippen molar-refractivity contribution < 1.29 is 28.6 Å². The maximum atomic E-state index is 12.8. The molecule has 0 fully saturated rings. The van der Waals surface area contributed by atoms with Crippen LogP contribution in [0, 0.1) is 0 Å². The molecule has 0 aromatic heterocycles. The van der Waals surface area contributed by atoms with Crippen molar-refractivity contribution in [3.63, 3.8) is 0 Å². The highest BCUT2D eigenvalue weighted by Crippen LogP contribution is 2.15. The molecular formula is C64H108O6. The van der Waals surface area contributed by atoms with Crippen molar-refractivity contribution in [3.8, 4) is 0 Å². The lowest BCUT2D eigenvalue weighted by molar-refractivity contribution is -0.167. The summed E-state index contributed by atoms with van der Waals surface area (Å²) in [5.41, 5.74) is 0. The fourth-order valence-corrected chi connectivity index (χ4v) is 8.01. The van der Waals surface area contributed by atoms with E-state index in [-0.39, 0.29) is 31.1 Å². The Bertz CT molecular complexity index is 1400. The molecule has 0 aliphatic carbocycles. The molecule has 0 aromatic carbocycles. The van der Waals surface area contributed by atoms with Crippen molar-refractivity contribution in [2.24, 2.45) is 0 Å². The molecule has 0 N–H and O–H groups in total. The third kappa shape index (κ3) is 55.3. The first-order valence-electron chi connectivity index (χ1n) is 29.2. The minimum Gasteiger partial charge on any atom is -0.462 e. The van der Waals surface area contributed by atoms with Crippen molar-refractivity contribution in [2.45, 2.75) is 277 Å². The third-order valence-corrected chi connectivity index (χ3v) is 12.3. The van der Waals surface area contributed by atoms with Gasteiger partial charge in [-0.2, -0.15) is 0 Å². The summed E-state index contributed by atoms with van der Waals surface area (Å²) in [4.78, 5) is 37.9. The smallest absolute Gasteiger partial charge is 0.306 e. The summed E-state index contributed by atoms with van der Waals surface area (Å²) in [5, 5.41) is 0. The minimum atomic E-state index is -0.779. The standard InChI is InChI=1S/C64H108O6/c1-4-7-10-13-16-18-20-22-24-26-28-30-32-34-36-38-40-42-44-46-48-51-54-57-63(66)69-60-61(59-68-62(65)56-53-50-15-12-9-6-3)70-64(67)58-55-52-49-47-45-43-41-39-37-35-33-31-29-27-25-23-21-19-17-14-11-8-5-2/h7-8,10-11,16-19,22-25,28-31,61H,4-6,9,12-15,20-21,26-27,32-60H2,1-3H3/b10-7-,11-8-,18-16-,19-17-,24-22-,25-23-,30-28-,31-29-. The molecule has 0 rings (SSSR count). The van der Waals surface area contributed by atoms with Crippen LogP contribution in [0.4, 0.5) is 0 Å². The number of carbonyl (C=O) groups is 3. The zero-order valence-electron chi connectivity index (χ0n) is 45.8. The van der Waals surface area contributed by atoms with Gasteiger partial charge in [0.15, 0.2) is 6.10 Å².